The molecule has 4 aromatic carbocycles. The van der Waals surface area contributed by atoms with Crippen LogP contribution in [0.5, 0.6) is 0 Å². The van der Waals surface area contributed by atoms with Crippen LogP contribution in [0, 0.1) is 0 Å². The van der Waals surface area contributed by atoms with E-state index in [4.69, 9.17) is 5.73 Å². The monoisotopic (exact) mass is 636 g/mol. The molecular weight excluding hydrogens is 581 g/mol. The molecule has 0 bridgehead atoms. The van der Waals surface area contributed by atoms with Crippen LogP contribution in [0.4, 0.5) is 11.4 Å². The number of anilines is 2. The van der Waals surface area contributed by atoms with Crippen molar-refractivity contribution in [3.63, 3.8) is 0 Å². The molecule has 3 N–H and O–H groups in total. The molecule has 0 heterocycles. The normalized spacial score (nSPS) is 13.7. The van der Waals surface area contributed by atoms with Crippen molar-refractivity contribution in [2.24, 2.45) is 5.73 Å². The van der Waals surface area contributed by atoms with Crippen molar-refractivity contribution in [3.8, 4) is 11.1 Å². The number of rotatable bonds is 11. The third-order valence-corrected chi connectivity index (χ3v) is 8.33. The Morgan fingerprint density at radius 2 is 1.35 bits per heavy atom. The highest BCUT2D eigenvalue weighted by atomic mass is 14.9. The molecule has 0 atom stereocenters. The van der Waals surface area contributed by atoms with E-state index in [1.807, 2.05) is 32.1 Å². The Morgan fingerprint density at radius 1 is 0.771 bits per heavy atom. The lowest BCUT2D eigenvalue weighted by atomic mass is 9.93. The van der Waals surface area contributed by atoms with Crippen molar-refractivity contribution in [1.82, 2.24) is 0 Å². The highest BCUT2D eigenvalue weighted by Crippen LogP contribution is 2.31. The van der Waals surface area contributed by atoms with Crippen LogP contribution >= 0.6 is 0 Å². The third-order valence-electron chi connectivity index (χ3n) is 8.33. The SMILES string of the molecule is C=C/C=C(\C=C(/C)c1ccccc1)C(=C/C(=C)c1ccccc1Nc1ccc(-c2ccccc2)cc1)/CCC.CC.NC1CCCCC1. The van der Waals surface area contributed by atoms with Crippen LogP contribution in [0.2, 0.25) is 0 Å². The van der Waals surface area contributed by atoms with E-state index in [1.165, 1.54) is 59.9 Å². The van der Waals surface area contributed by atoms with Gasteiger partial charge in [-0.1, -0.05) is 175 Å². The van der Waals surface area contributed by atoms with E-state index in [2.05, 4.69) is 148 Å². The molecule has 0 radical (unpaired) electrons. The average Bonchev–Trinajstić information content (AvgIpc) is 3.14. The molecule has 250 valence electrons. The van der Waals surface area contributed by atoms with Gasteiger partial charge in [-0.3, -0.25) is 0 Å². The van der Waals surface area contributed by atoms with Crippen LogP contribution in [0.15, 0.2) is 158 Å². The zero-order chi connectivity index (χ0) is 34.6. The summed E-state index contributed by atoms with van der Waals surface area (Å²) in [4.78, 5) is 0. The van der Waals surface area contributed by atoms with Crippen LogP contribution in [0.25, 0.3) is 22.3 Å². The molecule has 48 heavy (non-hydrogen) atoms. The number of benzene rings is 4. The molecule has 0 saturated heterocycles. The van der Waals surface area contributed by atoms with Crippen molar-refractivity contribution < 1.29 is 0 Å². The first-order valence-corrected chi connectivity index (χ1v) is 17.7. The van der Waals surface area contributed by atoms with Crippen molar-refractivity contribution in [2.45, 2.75) is 78.7 Å². The number of nitrogens with two attached hydrogens (primary N) is 1. The largest absolute Gasteiger partial charge is 0.355 e. The molecule has 1 aliphatic carbocycles. The lowest BCUT2D eigenvalue weighted by Gasteiger charge is -2.15. The molecule has 0 aliphatic heterocycles. The molecule has 1 aliphatic rings. The first-order chi connectivity index (χ1) is 23.5. The molecule has 0 amide bonds. The summed E-state index contributed by atoms with van der Waals surface area (Å²) in [6.07, 6.45) is 17.1. The van der Waals surface area contributed by atoms with E-state index in [1.54, 1.807) is 0 Å². The Labute approximate surface area is 291 Å². The van der Waals surface area contributed by atoms with Crippen molar-refractivity contribution in [3.05, 3.63) is 169 Å². The Morgan fingerprint density at radius 3 is 1.94 bits per heavy atom. The highest BCUT2D eigenvalue weighted by molar-refractivity contribution is 5.84. The van der Waals surface area contributed by atoms with Gasteiger partial charge in [0.1, 0.15) is 0 Å². The second-order valence-corrected chi connectivity index (χ2v) is 12.0. The summed E-state index contributed by atoms with van der Waals surface area (Å²) < 4.78 is 0. The quantitative estimate of drug-likeness (QED) is 0.161. The minimum absolute atomic E-state index is 0.536. The number of nitrogens with one attached hydrogen (secondary N) is 1. The Bertz CT molecular complexity index is 1620. The minimum atomic E-state index is 0.536. The first kappa shape index (κ1) is 37.8. The number of para-hydroxylation sites is 1. The summed E-state index contributed by atoms with van der Waals surface area (Å²) in [5.74, 6) is 0. The van der Waals surface area contributed by atoms with Crippen LogP contribution in [0.3, 0.4) is 0 Å². The molecule has 1 saturated carbocycles. The summed E-state index contributed by atoms with van der Waals surface area (Å²) in [6, 6.07) is 38.4. The fourth-order valence-corrected chi connectivity index (χ4v) is 5.79. The fraction of sp³-hybridized carbons (Fsp3) is 0.261. The van der Waals surface area contributed by atoms with E-state index < -0.39 is 0 Å². The van der Waals surface area contributed by atoms with Gasteiger partial charge in [0.25, 0.3) is 0 Å². The van der Waals surface area contributed by atoms with Gasteiger partial charge in [0.15, 0.2) is 0 Å². The number of allylic oxidation sites excluding steroid dienone is 8. The predicted octanol–water partition coefficient (Wildman–Crippen LogP) is 13.4. The number of hydrogen-bond donors (Lipinski definition) is 2. The Kier molecular flexibility index (Phi) is 16.7. The van der Waals surface area contributed by atoms with Crippen molar-refractivity contribution in [2.75, 3.05) is 5.32 Å². The molecule has 4 aromatic rings. The molecule has 2 nitrogen and oxygen atoms in total. The second-order valence-electron chi connectivity index (χ2n) is 12.0. The van der Waals surface area contributed by atoms with Gasteiger partial charge in [0, 0.05) is 23.0 Å². The lowest BCUT2D eigenvalue weighted by molar-refractivity contribution is 0.441. The predicted molar refractivity (Wildman–Crippen MR) is 214 cm³/mol. The Hall–Kier alpha value is -4.66. The fourth-order valence-electron chi connectivity index (χ4n) is 5.79. The van der Waals surface area contributed by atoms with Gasteiger partial charge >= 0.3 is 0 Å². The van der Waals surface area contributed by atoms with Crippen LogP contribution < -0.4 is 11.1 Å². The molecule has 0 spiro atoms. The van der Waals surface area contributed by atoms with Crippen LogP contribution in [-0.4, -0.2) is 6.04 Å². The maximum atomic E-state index is 5.63. The maximum Gasteiger partial charge on any atom is 0.0463 e. The van der Waals surface area contributed by atoms with E-state index in [9.17, 15) is 0 Å². The molecular formula is C46H56N2. The smallest absolute Gasteiger partial charge is 0.0463 e. The zero-order valence-corrected chi connectivity index (χ0v) is 29.7. The topological polar surface area (TPSA) is 38.0 Å². The zero-order valence-electron chi connectivity index (χ0n) is 29.7. The van der Waals surface area contributed by atoms with E-state index in [-0.39, 0.29) is 0 Å². The molecule has 0 aromatic heterocycles. The van der Waals surface area contributed by atoms with Gasteiger partial charge in [-0.05, 0) is 83.4 Å². The maximum absolute atomic E-state index is 5.63. The minimum Gasteiger partial charge on any atom is -0.355 e. The van der Waals surface area contributed by atoms with Crippen LogP contribution in [-0.2, 0) is 0 Å². The standard InChI is InChI=1S/C38H37N.C6H13N.C2H6/c1-5-15-34(27-29(3)31-17-9-7-10-18-31)35(16-6-2)28-30(4)37-21-13-14-22-38(37)39-36-25-23-33(24-26-36)32-19-11-8-12-20-32;7-6-4-2-1-3-5-6;1-2/h5,7-15,17-28,39H,1,4,6,16H2,2-3H3;6H,1-5,7H2;1-2H3/b29-27+,34-15+,35-28+;;. The molecule has 2 heteroatoms. The molecule has 5 rings (SSSR count). The summed E-state index contributed by atoms with van der Waals surface area (Å²) in [6.45, 7) is 16.8. The van der Waals surface area contributed by atoms with Crippen LogP contribution in [0.1, 0.15) is 83.8 Å². The molecule has 0 unspecified atom stereocenters. The van der Waals surface area contributed by atoms with E-state index in [0.717, 1.165) is 40.9 Å². The van der Waals surface area contributed by atoms with Gasteiger partial charge in [-0.2, -0.15) is 0 Å². The highest BCUT2D eigenvalue weighted by Gasteiger charge is 2.10. The third kappa shape index (κ3) is 12.2. The van der Waals surface area contributed by atoms with E-state index >= 15 is 0 Å². The molecule has 1 fully saturated rings. The van der Waals surface area contributed by atoms with Gasteiger partial charge in [0.05, 0.1) is 0 Å². The van der Waals surface area contributed by atoms with Gasteiger partial charge in [-0.15, -0.1) is 0 Å². The van der Waals surface area contributed by atoms with Crippen molar-refractivity contribution >= 4 is 22.5 Å². The van der Waals surface area contributed by atoms with Gasteiger partial charge < -0.3 is 11.1 Å². The van der Waals surface area contributed by atoms with Gasteiger partial charge in [0.2, 0.25) is 0 Å². The second kappa shape index (κ2) is 21.3. The number of hydrogen-bond acceptors (Lipinski definition) is 2. The first-order valence-electron chi connectivity index (χ1n) is 17.7. The summed E-state index contributed by atoms with van der Waals surface area (Å²) in [7, 11) is 0. The van der Waals surface area contributed by atoms with Crippen molar-refractivity contribution in [1.29, 1.82) is 0 Å². The summed E-state index contributed by atoms with van der Waals surface area (Å²) in [5, 5.41) is 3.61. The lowest BCUT2D eigenvalue weighted by Crippen LogP contribution is -2.22. The van der Waals surface area contributed by atoms with E-state index in [0.29, 0.717) is 6.04 Å². The van der Waals surface area contributed by atoms with Gasteiger partial charge in [-0.25, -0.2) is 0 Å². The summed E-state index contributed by atoms with van der Waals surface area (Å²) >= 11 is 0. The Balaban J connectivity index is 0.000000607. The average molecular weight is 637 g/mol. The summed E-state index contributed by atoms with van der Waals surface area (Å²) in [5.41, 5.74) is 17.0.